The number of fused-ring (bicyclic) bond motifs is 3. The first kappa shape index (κ1) is 23.2. The van der Waals surface area contributed by atoms with Crippen molar-refractivity contribution in [2.24, 2.45) is 0 Å². The van der Waals surface area contributed by atoms with E-state index >= 15 is 0 Å². The number of ether oxygens (including phenoxy) is 2. The molecular formula is C23H26N2O7. The normalized spacial score (nSPS) is 14.1. The molecule has 2 aromatic rings. The van der Waals surface area contributed by atoms with Gasteiger partial charge in [-0.15, -0.1) is 0 Å². The van der Waals surface area contributed by atoms with E-state index in [1.54, 1.807) is 6.92 Å². The number of carboxylic acids is 1. The van der Waals surface area contributed by atoms with Crippen molar-refractivity contribution in [2.45, 2.75) is 25.0 Å². The summed E-state index contributed by atoms with van der Waals surface area (Å²) < 4.78 is 10.7. The van der Waals surface area contributed by atoms with Crippen LogP contribution in [-0.4, -0.2) is 67.7 Å². The number of benzene rings is 2. The molecule has 0 radical (unpaired) electrons. The van der Waals surface area contributed by atoms with Gasteiger partial charge in [0.25, 0.3) is 5.91 Å². The lowest BCUT2D eigenvalue weighted by Crippen LogP contribution is -2.53. The highest BCUT2D eigenvalue weighted by Gasteiger charge is 2.33. The number of carbonyl (C=O) groups excluding carboxylic acids is 2. The summed E-state index contributed by atoms with van der Waals surface area (Å²) in [6.07, 6.45) is -1.50. The Hall–Kier alpha value is -3.43. The highest BCUT2D eigenvalue weighted by Crippen LogP contribution is 2.44. The lowest BCUT2D eigenvalue weighted by Gasteiger charge is -2.27. The van der Waals surface area contributed by atoms with Crippen LogP contribution < -0.4 is 5.32 Å². The van der Waals surface area contributed by atoms with Crippen LogP contribution in [0.5, 0.6) is 0 Å². The molecule has 0 saturated heterocycles. The summed E-state index contributed by atoms with van der Waals surface area (Å²) in [5.41, 5.74) is 4.35. The van der Waals surface area contributed by atoms with Gasteiger partial charge < -0.3 is 19.9 Å². The number of nitrogens with one attached hydrogen (secondary N) is 1. The average Bonchev–Trinajstić information content (AvgIpc) is 3.12. The predicted molar refractivity (Wildman–Crippen MR) is 115 cm³/mol. The highest BCUT2D eigenvalue weighted by atomic mass is 16.7. The molecule has 0 heterocycles. The molecule has 0 aliphatic heterocycles. The molecule has 0 spiro atoms. The Balaban J connectivity index is 1.67. The predicted octanol–water partition coefficient (Wildman–Crippen LogP) is 2.40. The van der Waals surface area contributed by atoms with E-state index < -0.39 is 36.7 Å². The maximum Gasteiger partial charge on any atom is 0.407 e. The van der Waals surface area contributed by atoms with Crippen LogP contribution in [0.15, 0.2) is 48.5 Å². The quantitative estimate of drug-likeness (QED) is 0.573. The molecule has 0 bridgehead atoms. The average molecular weight is 442 g/mol. The summed E-state index contributed by atoms with van der Waals surface area (Å²) >= 11 is 0. The summed E-state index contributed by atoms with van der Waals surface area (Å²) in [4.78, 5) is 40.7. The van der Waals surface area contributed by atoms with Crippen molar-refractivity contribution in [1.82, 2.24) is 10.4 Å². The largest absolute Gasteiger partial charge is 0.479 e. The summed E-state index contributed by atoms with van der Waals surface area (Å²) in [5.74, 6) is -2.02. The molecule has 0 aromatic heterocycles. The van der Waals surface area contributed by atoms with Crippen molar-refractivity contribution in [3.8, 4) is 11.1 Å². The maximum atomic E-state index is 12.6. The number of hydroxylamine groups is 2. The molecule has 2 unspecified atom stereocenters. The first-order valence-corrected chi connectivity index (χ1v) is 10.1. The molecule has 170 valence electrons. The Morgan fingerprint density at radius 2 is 1.62 bits per heavy atom. The van der Waals surface area contributed by atoms with E-state index in [0.717, 1.165) is 27.3 Å². The van der Waals surface area contributed by atoms with Gasteiger partial charge in [0.15, 0.2) is 6.61 Å². The lowest BCUT2D eigenvalue weighted by atomic mass is 9.98. The van der Waals surface area contributed by atoms with Crippen molar-refractivity contribution in [2.75, 3.05) is 27.4 Å². The zero-order valence-electron chi connectivity index (χ0n) is 18.1. The van der Waals surface area contributed by atoms with Gasteiger partial charge in [-0.3, -0.25) is 9.63 Å². The number of methoxy groups -OCH3 is 1. The van der Waals surface area contributed by atoms with Crippen molar-refractivity contribution in [3.63, 3.8) is 0 Å². The third-order valence-electron chi connectivity index (χ3n) is 5.42. The van der Waals surface area contributed by atoms with E-state index in [1.807, 2.05) is 48.5 Å². The van der Waals surface area contributed by atoms with Gasteiger partial charge in [0, 0.05) is 20.1 Å². The Morgan fingerprint density at radius 3 is 2.16 bits per heavy atom. The van der Waals surface area contributed by atoms with Crippen LogP contribution in [-0.2, 0) is 23.9 Å². The minimum atomic E-state index is -1.23. The molecule has 3 rings (SSSR count). The fourth-order valence-corrected chi connectivity index (χ4v) is 3.69. The van der Waals surface area contributed by atoms with Gasteiger partial charge in [-0.1, -0.05) is 48.5 Å². The van der Waals surface area contributed by atoms with Gasteiger partial charge in [0.05, 0.1) is 6.10 Å². The molecule has 2 amide bonds. The molecular weight excluding hydrogens is 416 g/mol. The SMILES string of the molecule is COC(C)C(NC(=O)OCC1c2ccccc2-c2ccccc21)C(=O)N(C)OCC(=O)O. The van der Waals surface area contributed by atoms with Crippen molar-refractivity contribution >= 4 is 18.0 Å². The summed E-state index contributed by atoms with van der Waals surface area (Å²) in [6.45, 7) is 0.992. The van der Waals surface area contributed by atoms with Crippen LogP contribution in [0.25, 0.3) is 11.1 Å². The third kappa shape index (κ3) is 5.06. The molecule has 1 aliphatic rings. The fourth-order valence-electron chi connectivity index (χ4n) is 3.69. The number of hydrogen-bond acceptors (Lipinski definition) is 6. The number of rotatable bonds is 9. The maximum absolute atomic E-state index is 12.6. The van der Waals surface area contributed by atoms with Gasteiger partial charge in [-0.2, -0.15) is 0 Å². The van der Waals surface area contributed by atoms with Crippen LogP contribution in [0.4, 0.5) is 4.79 Å². The second kappa shape index (κ2) is 10.3. The monoisotopic (exact) mass is 442 g/mol. The van der Waals surface area contributed by atoms with Gasteiger partial charge in [-0.05, 0) is 29.2 Å². The number of hydrogen-bond donors (Lipinski definition) is 2. The third-order valence-corrected chi connectivity index (χ3v) is 5.42. The molecule has 0 fully saturated rings. The minimum Gasteiger partial charge on any atom is -0.479 e. The second-order valence-electron chi connectivity index (χ2n) is 7.39. The number of amides is 2. The first-order valence-electron chi connectivity index (χ1n) is 10.1. The van der Waals surface area contributed by atoms with Gasteiger partial charge in [-0.25, -0.2) is 14.7 Å². The van der Waals surface area contributed by atoms with Crippen LogP contribution in [0.3, 0.4) is 0 Å². The molecule has 2 atom stereocenters. The fraction of sp³-hybridized carbons (Fsp3) is 0.348. The number of aliphatic carboxylic acids is 1. The standard InChI is InChI=1S/C23H26N2O7/c1-14(30-3)21(22(28)25(2)32-13-20(26)27)24-23(29)31-12-19-17-10-6-4-8-15(17)16-9-5-7-11-18(16)19/h4-11,14,19,21H,12-13H2,1-3H3,(H,24,29)(H,26,27). The Labute approximate surface area is 185 Å². The van der Waals surface area contributed by atoms with E-state index in [1.165, 1.54) is 14.2 Å². The number of carboxylic acid groups (broad SMARTS) is 1. The molecule has 32 heavy (non-hydrogen) atoms. The molecule has 9 heteroatoms. The molecule has 0 saturated carbocycles. The van der Waals surface area contributed by atoms with Crippen LogP contribution in [0.2, 0.25) is 0 Å². The highest BCUT2D eigenvalue weighted by molar-refractivity contribution is 5.85. The van der Waals surface area contributed by atoms with Crippen molar-refractivity contribution in [1.29, 1.82) is 0 Å². The first-order chi connectivity index (χ1) is 15.3. The van der Waals surface area contributed by atoms with E-state index in [9.17, 15) is 14.4 Å². The Bertz CT molecular complexity index is 948. The molecule has 1 aliphatic carbocycles. The summed E-state index contributed by atoms with van der Waals surface area (Å²) in [7, 11) is 2.66. The molecule has 9 nitrogen and oxygen atoms in total. The van der Waals surface area contributed by atoms with Crippen LogP contribution >= 0.6 is 0 Å². The van der Waals surface area contributed by atoms with E-state index in [2.05, 4.69) is 5.32 Å². The van der Waals surface area contributed by atoms with Crippen molar-refractivity contribution in [3.05, 3.63) is 59.7 Å². The zero-order valence-corrected chi connectivity index (χ0v) is 18.1. The van der Waals surface area contributed by atoms with Crippen molar-refractivity contribution < 1.29 is 33.8 Å². The number of carbonyl (C=O) groups is 3. The topological polar surface area (TPSA) is 114 Å². The van der Waals surface area contributed by atoms with E-state index in [-0.39, 0.29) is 12.5 Å². The lowest BCUT2D eigenvalue weighted by molar-refractivity contribution is -0.189. The van der Waals surface area contributed by atoms with Gasteiger partial charge in [0.1, 0.15) is 12.6 Å². The Morgan fingerprint density at radius 1 is 1.06 bits per heavy atom. The molecule has 2 aromatic carbocycles. The van der Waals surface area contributed by atoms with Gasteiger partial charge in [0.2, 0.25) is 0 Å². The number of alkyl carbamates (subject to hydrolysis) is 1. The smallest absolute Gasteiger partial charge is 0.407 e. The molecule has 2 N–H and O–H groups in total. The Kier molecular flexibility index (Phi) is 7.45. The summed E-state index contributed by atoms with van der Waals surface area (Å²) in [5, 5.41) is 12.0. The van der Waals surface area contributed by atoms with Crippen LogP contribution in [0.1, 0.15) is 24.0 Å². The van der Waals surface area contributed by atoms with Crippen LogP contribution in [0, 0.1) is 0 Å². The van der Waals surface area contributed by atoms with E-state index in [4.69, 9.17) is 19.4 Å². The number of nitrogens with zero attached hydrogens (tertiary/aromatic N) is 1. The zero-order chi connectivity index (χ0) is 23.3. The second-order valence-corrected chi connectivity index (χ2v) is 7.39. The van der Waals surface area contributed by atoms with E-state index in [0.29, 0.717) is 0 Å². The van der Waals surface area contributed by atoms with Gasteiger partial charge >= 0.3 is 12.1 Å². The summed E-state index contributed by atoms with van der Waals surface area (Å²) in [6, 6.07) is 14.8. The minimum absolute atomic E-state index is 0.0908. The number of likely N-dealkylation sites (N-methyl/N-ethyl adjacent to an activating group) is 1.